The lowest BCUT2D eigenvalue weighted by Crippen LogP contribution is -2.14. The average molecular weight is 423 g/mol. The highest BCUT2D eigenvalue weighted by molar-refractivity contribution is 8.00. The number of hydrogen-bond donors (Lipinski definition) is 2. The Labute approximate surface area is 179 Å². The van der Waals surface area contributed by atoms with Crippen LogP contribution in [0, 0.1) is 0 Å². The molecule has 0 bridgehead atoms. The van der Waals surface area contributed by atoms with Crippen LogP contribution in [-0.2, 0) is 4.79 Å². The Hall–Kier alpha value is -3.45. The van der Waals surface area contributed by atoms with E-state index in [4.69, 9.17) is 9.47 Å². The van der Waals surface area contributed by atoms with E-state index < -0.39 is 0 Å². The molecule has 0 aliphatic heterocycles. The van der Waals surface area contributed by atoms with E-state index in [9.17, 15) is 9.59 Å². The normalized spacial score (nSPS) is 10.2. The number of thioether (sulfide) groups is 1. The van der Waals surface area contributed by atoms with Gasteiger partial charge in [0.15, 0.2) is 0 Å². The number of nitrogens with one attached hydrogen (secondary N) is 2. The number of carbonyl (C=O) groups excluding carboxylic acids is 2. The summed E-state index contributed by atoms with van der Waals surface area (Å²) in [5.41, 5.74) is 1.84. The van der Waals surface area contributed by atoms with Crippen LogP contribution >= 0.6 is 11.8 Å². The molecule has 3 aromatic carbocycles. The van der Waals surface area contributed by atoms with Gasteiger partial charge in [-0.2, -0.15) is 0 Å². The smallest absolute Gasteiger partial charge is 0.255 e. The summed E-state index contributed by atoms with van der Waals surface area (Å²) < 4.78 is 10.3. The summed E-state index contributed by atoms with van der Waals surface area (Å²) in [5, 5.41) is 5.71. The highest BCUT2D eigenvalue weighted by Crippen LogP contribution is 2.23. The third-order valence-corrected chi connectivity index (χ3v) is 5.14. The molecule has 3 aromatic rings. The minimum absolute atomic E-state index is 0.126. The van der Waals surface area contributed by atoms with E-state index in [0.29, 0.717) is 28.4 Å². The van der Waals surface area contributed by atoms with Crippen LogP contribution in [0.25, 0.3) is 0 Å². The molecule has 30 heavy (non-hydrogen) atoms. The Morgan fingerprint density at radius 2 is 1.43 bits per heavy atom. The maximum atomic E-state index is 12.5. The monoisotopic (exact) mass is 422 g/mol. The Bertz CT molecular complexity index is 1040. The minimum Gasteiger partial charge on any atom is -0.497 e. The molecular weight excluding hydrogens is 400 g/mol. The molecule has 0 atom stereocenters. The second-order valence-corrected chi connectivity index (χ2v) is 7.33. The van der Waals surface area contributed by atoms with Gasteiger partial charge in [-0.05, 0) is 48.5 Å². The predicted octanol–water partition coefficient (Wildman–Crippen LogP) is 4.69. The number of carbonyl (C=O) groups is 2. The zero-order valence-electron chi connectivity index (χ0n) is 16.7. The second-order valence-electron chi connectivity index (χ2n) is 6.28. The van der Waals surface area contributed by atoms with Crippen LogP contribution in [0.5, 0.6) is 11.5 Å². The van der Waals surface area contributed by atoms with E-state index in [1.165, 1.54) is 11.8 Å². The molecule has 0 unspecified atom stereocenters. The van der Waals surface area contributed by atoms with Gasteiger partial charge >= 0.3 is 0 Å². The van der Waals surface area contributed by atoms with Crippen molar-refractivity contribution in [2.24, 2.45) is 0 Å². The molecule has 6 nitrogen and oxygen atoms in total. The highest BCUT2D eigenvalue weighted by Gasteiger charge is 2.09. The van der Waals surface area contributed by atoms with E-state index in [1.807, 2.05) is 30.3 Å². The molecule has 2 amide bonds. The number of ether oxygens (including phenoxy) is 2. The molecule has 0 radical (unpaired) electrons. The first-order valence-corrected chi connectivity index (χ1v) is 10.2. The summed E-state index contributed by atoms with van der Waals surface area (Å²) in [4.78, 5) is 25.6. The van der Waals surface area contributed by atoms with Crippen LogP contribution in [0.15, 0.2) is 77.7 Å². The maximum absolute atomic E-state index is 12.5. The topological polar surface area (TPSA) is 76.7 Å². The number of methoxy groups -OCH3 is 2. The molecule has 154 valence electrons. The van der Waals surface area contributed by atoms with Crippen LogP contribution in [0.1, 0.15) is 10.4 Å². The summed E-state index contributed by atoms with van der Waals surface area (Å²) in [7, 11) is 3.14. The molecule has 0 fully saturated rings. The van der Waals surface area contributed by atoms with E-state index in [2.05, 4.69) is 10.6 Å². The molecule has 0 saturated carbocycles. The van der Waals surface area contributed by atoms with Crippen LogP contribution in [0.3, 0.4) is 0 Å². The number of anilines is 2. The summed E-state index contributed by atoms with van der Waals surface area (Å²) in [5.74, 6) is 1.18. The van der Waals surface area contributed by atoms with E-state index in [1.54, 1.807) is 56.7 Å². The number of hydrogen-bond acceptors (Lipinski definition) is 5. The first-order valence-electron chi connectivity index (χ1n) is 9.19. The predicted molar refractivity (Wildman–Crippen MR) is 120 cm³/mol. The third-order valence-electron chi connectivity index (χ3n) is 4.15. The van der Waals surface area contributed by atoms with Crippen LogP contribution < -0.4 is 20.1 Å². The van der Waals surface area contributed by atoms with Crippen LogP contribution in [0.2, 0.25) is 0 Å². The van der Waals surface area contributed by atoms with Crippen molar-refractivity contribution in [3.05, 3.63) is 78.4 Å². The number of benzene rings is 3. The van der Waals surface area contributed by atoms with Gasteiger partial charge in [-0.25, -0.2) is 0 Å². The molecule has 7 heteroatoms. The van der Waals surface area contributed by atoms with Crippen molar-refractivity contribution in [3.8, 4) is 11.5 Å². The van der Waals surface area contributed by atoms with Crippen molar-refractivity contribution < 1.29 is 19.1 Å². The van der Waals surface area contributed by atoms with Crippen molar-refractivity contribution in [3.63, 3.8) is 0 Å². The molecule has 2 N–H and O–H groups in total. The largest absolute Gasteiger partial charge is 0.497 e. The Kier molecular flexibility index (Phi) is 7.34. The molecule has 0 aliphatic rings. The van der Waals surface area contributed by atoms with Crippen molar-refractivity contribution in [2.75, 3.05) is 30.6 Å². The second kappa shape index (κ2) is 10.4. The fraction of sp³-hybridized carbons (Fsp3) is 0.130. The van der Waals surface area contributed by atoms with Crippen molar-refractivity contribution in [1.82, 2.24) is 0 Å². The maximum Gasteiger partial charge on any atom is 0.255 e. The van der Waals surface area contributed by atoms with Crippen molar-refractivity contribution in [2.45, 2.75) is 4.90 Å². The van der Waals surface area contributed by atoms with Crippen LogP contribution in [-0.4, -0.2) is 31.8 Å². The molecule has 3 rings (SSSR count). The summed E-state index contributed by atoms with van der Waals surface area (Å²) >= 11 is 1.39. The van der Waals surface area contributed by atoms with E-state index >= 15 is 0 Å². The Morgan fingerprint density at radius 3 is 2.17 bits per heavy atom. The SMILES string of the molecule is COc1cccc(NC(=O)CSc2cccc(NC(=O)c3cccc(OC)c3)c2)c1. The molecule has 0 saturated heterocycles. The standard InChI is InChI=1S/C23H22N2O4S/c1-28-19-9-3-6-16(12-19)23(27)25-18-8-5-11-21(14-18)30-15-22(26)24-17-7-4-10-20(13-17)29-2/h3-14H,15H2,1-2H3,(H,24,26)(H,25,27). The molecule has 0 aliphatic carbocycles. The molecule has 0 spiro atoms. The summed E-state index contributed by atoms with van der Waals surface area (Å²) in [6, 6.07) is 21.5. The van der Waals surface area contributed by atoms with Gasteiger partial charge in [-0.15, -0.1) is 11.8 Å². The zero-order valence-corrected chi connectivity index (χ0v) is 17.5. The quantitative estimate of drug-likeness (QED) is 0.515. The lowest BCUT2D eigenvalue weighted by molar-refractivity contribution is -0.113. The van der Waals surface area contributed by atoms with Gasteiger partial charge < -0.3 is 20.1 Å². The van der Waals surface area contributed by atoms with Crippen LogP contribution in [0.4, 0.5) is 11.4 Å². The van der Waals surface area contributed by atoms with Crippen molar-refractivity contribution in [1.29, 1.82) is 0 Å². The Morgan fingerprint density at radius 1 is 0.800 bits per heavy atom. The fourth-order valence-corrected chi connectivity index (χ4v) is 3.43. The molecular formula is C23H22N2O4S. The fourth-order valence-electron chi connectivity index (χ4n) is 2.68. The van der Waals surface area contributed by atoms with Gasteiger partial charge in [0, 0.05) is 27.9 Å². The molecule has 0 aromatic heterocycles. The van der Waals surface area contributed by atoms with Gasteiger partial charge in [0.1, 0.15) is 11.5 Å². The van der Waals surface area contributed by atoms with Gasteiger partial charge in [-0.1, -0.05) is 18.2 Å². The summed E-state index contributed by atoms with van der Waals surface area (Å²) in [6.07, 6.45) is 0. The minimum atomic E-state index is -0.230. The van der Waals surface area contributed by atoms with Gasteiger partial charge in [0.05, 0.1) is 20.0 Å². The van der Waals surface area contributed by atoms with E-state index in [0.717, 1.165) is 4.90 Å². The lowest BCUT2D eigenvalue weighted by Gasteiger charge is -2.09. The first kappa shape index (κ1) is 21.3. The number of amides is 2. The third kappa shape index (κ3) is 6.02. The van der Waals surface area contributed by atoms with E-state index in [-0.39, 0.29) is 17.6 Å². The average Bonchev–Trinajstić information content (AvgIpc) is 2.78. The molecule has 0 heterocycles. The van der Waals surface area contributed by atoms with Gasteiger partial charge in [-0.3, -0.25) is 9.59 Å². The highest BCUT2D eigenvalue weighted by atomic mass is 32.2. The van der Waals surface area contributed by atoms with Gasteiger partial charge in [0.2, 0.25) is 5.91 Å². The lowest BCUT2D eigenvalue weighted by atomic mass is 10.2. The van der Waals surface area contributed by atoms with Crippen molar-refractivity contribution >= 4 is 35.0 Å². The Balaban J connectivity index is 1.57. The first-order chi connectivity index (χ1) is 14.6. The zero-order chi connectivity index (χ0) is 21.3. The van der Waals surface area contributed by atoms with Gasteiger partial charge in [0.25, 0.3) is 5.91 Å². The summed E-state index contributed by atoms with van der Waals surface area (Å²) in [6.45, 7) is 0. The number of rotatable bonds is 8.